The number of rotatable bonds is 3. The number of anilines is 1. The zero-order chi connectivity index (χ0) is 17.4. The first-order valence-corrected chi connectivity index (χ1v) is 9.48. The summed E-state index contributed by atoms with van der Waals surface area (Å²) in [5.41, 5.74) is 3.02. The highest BCUT2D eigenvalue weighted by Gasteiger charge is 2.56. The molecule has 0 bridgehead atoms. The Morgan fingerprint density at radius 3 is 2.60 bits per heavy atom. The monoisotopic (exact) mass is 352 g/mol. The first kappa shape index (κ1) is 16.2. The molecule has 0 aliphatic carbocycles. The Morgan fingerprint density at radius 2 is 1.88 bits per heavy atom. The van der Waals surface area contributed by atoms with Gasteiger partial charge in [0.25, 0.3) is 0 Å². The van der Waals surface area contributed by atoms with Crippen LogP contribution in [0.3, 0.4) is 0 Å². The molecule has 0 unspecified atom stereocenters. The fraction of sp³-hybridized carbons (Fsp3) is 0.300. The zero-order valence-corrected chi connectivity index (χ0v) is 14.9. The van der Waals surface area contributed by atoms with Gasteiger partial charge in [-0.3, -0.25) is 9.59 Å². The summed E-state index contributed by atoms with van der Waals surface area (Å²) in [6, 6.07) is 17.4. The molecular formula is C20H20N2O2S. The second-order valence-corrected chi connectivity index (χ2v) is 7.89. The van der Waals surface area contributed by atoms with Crippen molar-refractivity contribution in [2.45, 2.75) is 30.7 Å². The molecule has 2 heterocycles. The molecule has 2 aromatic rings. The molecule has 2 saturated heterocycles. The first-order chi connectivity index (χ1) is 12.1. The number of thioether (sulfide) groups is 1. The summed E-state index contributed by atoms with van der Waals surface area (Å²) in [6.45, 7) is 2.01. The van der Waals surface area contributed by atoms with E-state index in [2.05, 4.69) is 17.4 Å². The Kier molecular flexibility index (Phi) is 4.04. The molecule has 2 aliphatic rings. The third-order valence-electron chi connectivity index (χ3n) is 4.97. The molecule has 2 atom stereocenters. The molecule has 2 aromatic carbocycles. The van der Waals surface area contributed by atoms with Crippen LogP contribution in [0.5, 0.6) is 0 Å². The van der Waals surface area contributed by atoms with E-state index in [1.54, 1.807) is 11.8 Å². The molecule has 0 saturated carbocycles. The summed E-state index contributed by atoms with van der Waals surface area (Å²) in [6.07, 6.45) is 1.25. The molecule has 128 valence electrons. The zero-order valence-electron chi connectivity index (χ0n) is 14.1. The Hall–Kier alpha value is -2.27. The summed E-state index contributed by atoms with van der Waals surface area (Å²) >= 11 is 1.71. The van der Waals surface area contributed by atoms with Crippen LogP contribution in [-0.4, -0.2) is 28.5 Å². The maximum absolute atomic E-state index is 12.8. The maximum Gasteiger partial charge on any atom is 0.248 e. The fourth-order valence-electron chi connectivity index (χ4n) is 3.70. The van der Waals surface area contributed by atoms with Crippen LogP contribution in [0.25, 0.3) is 0 Å². The van der Waals surface area contributed by atoms with Crippen molar-refractivity contribution in [3.8, 4) is 0 Å². The quantitative estimate of drug-likeness (QED) is 0.919. The lowest BCUT2D eigenvalue weighted by atomic mass is 10.0. The Bertz CT molecular complexity index is 806. The van der Waals surface area contributed by atoms with Crippen LogP contribution in [0, 0.1) is 6.92 Å². The Balaban J connectivity index is 1.60. The van der Waals surface area contributed by atoms with E-state index in [0.29, 0.717) is 12.2 Å². The summed E-state index contributed by atoms with van der Waals surface area (Å²) < 4.78 is 0. The molecule has 0 spiro atoms. The minimum atomic E-state index is -0.429. The molecule has 4 nitrogen and oxygen atoms in total. The van der Waals surface area contributed by atoms with Crippen molar-refractivity contribution in [3.05, 3.63) is 65.7 Å². The second-order valence-electron chi connectivity index (χ2n) is 6.60. The number of carbonyl (C=O) groups is 2. The topological polar surface area (TPSA) is 49.4 Å². The van der Waals surface area contributed by atoms with Gasteiger partial charge in [-0.1, -0.05) is 48.0 Å². The summed E-state index contributed by atoms with van der Waals surface area (Å²) in [5.74, 6) is 0.584. The van der Waals surface area contributed by atoms with Crippen LogP contribution < -0.4 is 5.32 Å². The lowest BCUT2D eigenvalue weighted by Crippen LogP contribution is -2.48. The molecule has 2 fully saturated rings. The fourth-order valence-corrected chi connectivity index (χ4v) is 5.35. The largest absolute Gasteiger partial charge is 0.324 e. The van der Waals surface area contributed by atoms with Crippen molar-refractivity contribution in [1.82, 2.24) is 4.90 Å². The van der Waals surface area contributed by atoms with Crippen molar-refractivity contribution in [2.75, 3.05) is 11.1 Å². The van der Waals surface area contributed by atoms with Gasteiger partial charge in [-0.05, 0) is 31.0 Å². The highest BCUT2D eigenvalue weighted by molar-refractivity contribution is 8.00. The van der Waals surface area contributed by atoms with Crippen LogP contribution in [0.2, 0.25) is 0 Å². The number of carbonyl (C=O) groups excluding carboxylic acids is 2. The number of hydrogen-bond donors (Lipinski definition) is 1. The number of nitrogens with one attached hydrogen (secondary N) is 1. The molecule has 0 radical (unpaired) electrons. The molecular weight excluding hydrogens is 332 g/mol. The normalized spacial score (nSPS) is 25.1. The lowest BCUT2D eigenvalue weighted by molar-refractivity contribution is -0.136. The third kappa shape index (κ3) is 2.72. The van der Waals surface area contributed by atoms with Gasteiger partial charge in [-0.2, -0.15) is 0 Å². The summed E-state index contributed by atoms with van der Waals surface area (Å²) in [7, 11) is 0. The molecule has 4 rings (SSSR count). The SMILES string of the molecule is Cc1ccc(NC(=O)[C@H]2CS[C@]3(c4ccccc4)CCC(=O)N23)cc1. The summed E-state index contributed by atoms with van der Waals surface area (Å²) in [4.78, 5) is 26.8. The van der Waals surface area contributed by atoms with E-state index in [1.807, 2.05) is 54.3 Å². The van der Waals surface area contributed by atoms with Gasteiger partial charge < -0.3 is 10.2 Å². The average molecular weight is 352 g/mol. The predicted octanol–water partition coefficient (Wildman–Crippen LogP) is 3.52. The number of nitrogens with zero attached hydrogens (tertiary/aromatic N) is 1. The van der Waals surface area contributed by atoms with Gasteiger partial charge in [0.05, 0.1) is 0 Å². The van der Waals surface area contributed by atoms with E-state index in [-0.39, 0.29) is 11.8 Å². The van der Waals surface area contributed by atoms with Gasteiger partial charge in [0.1, 0.15) is 10.9 Å². The number of hydrogen-bond acceptors (Lipinski definition) is 3. The van der Waals surface area contributed by atoms with Gasteiger partial charge in [-0.25, -0.2) is 0 Å². The Morgan fingerprint density at radius 1 is 1.16 bits per heavy atom. The molecule has 2 amide bonds. The van der Waals surface area contributed by atoms with Crippen LogP contribution in [-0.2, 0) is 14.5 Å². The summed E-state index contributed by atoms with van der Waals surface area (Å²) in [5, 5.41) is 2.97. The second kappa shape index (κ2) is 6.23. The van der Waals surface area contributed by atoms with Crippen LogP contribution in [0.15, 0.2) is 54.6 Å². The minimum absolute atomic E-state index is 0.0675. The van der Waals surface area contributed by atoms with Gasteiger partial charge in [0.2, 0.25) is 11.8 Å². The molecule has 0 aromatic heterocycles. The lowest BCUT2D eigenvalue weighted by Gasteiger charge is -2.34. The molecule has 5 heteroatoms. The van der Waals surface area contributed by atoms with E-state index >= 15 is 0 Å². The third-order valence-corrected chi connectivity index (χ3v) is 6.57. The molecule has 2 aliphatic heterocycles. The van der Waals surface area contributed by atoms with Gasteiger partial charge in [0.15, 0.2) is 0 Å². The standard InChI is InChI=1S/C20H20N2O2S/c1-14-7-9-16(10-8-14)21-19(24)17-13-25-20(12-11-18(23)22(17)20)15-5-3-2-4-6-15/h2-10,17H,11-13H2,1H3,(H,21,24)/t17-,20+/m1/s1. The highest BCUT2D eigenvalue weighted by atomic mass is 32.2. The van der Waals surface area contributed by atoms with Crippen LogP contribution in [0.4, 0.5) is 5.69 Å². The van der Waals surface area contributed by atoms with E-state index in [0.717, 1.165) is 23.2 Å². The highest BCUT2D eigenvalue weighted by Crippen LogP contribution is 2.54. The van der Waals surface area contributed by atoms with Gasteiger partial charge in [-0.15, -0.1) is 11.8 Å². The van der Waals surface area contributed by atoms with Crippen molar-refractivity contribution < 1.29 is 9.59 Å². The van der Waals surface area contributed by atoms with E-state index < -0.39 is 10.9 Å². The van der Waals surface area contributed by atoms with Crippen molar-refractivity contribution in [1.29, 1.82) is 0 Å². The van der Waals surface area contributed by atoms with Gasteiger partial charge in [0, 0.05) is 17.9 Å². The van der Waals surface area contributed by atoms with Crippen molar-refractivity contribution in [3.63, 3.8) is 0 Å². The molecule has 25 heavy (non-hydrogen) atoms. The Labute approximate surface area is 151 Å². The van der Waals surface area contributed by atoms with Crippen molar-refractivity contribution in [2.24, 2.45) is 0 Å². The number of benzene rings is 2. The average Bonchev–Trinajstić information content (AvgIpc) is 3.17. The van der Waals surface area contributed by atoms with E-state index in [1.165, 1.54) is 0 Å². The maximum atomic E-state index is 12.8. The minimum Gasteiger partial charge on any atom is -0.324 e. The smallest absolute Gasteiger partial charge is 0.248 e. The van der Waals surface area contributed by atoms with Crippen LogP contribution in [0.1, 0.15) is 24.0 Å². The van der Waals surface area contributed by atoms with E-state index in [9.17, 15) is 9.59 Å². The first-order valence-electron chi connectivity index (χ1n) is 8.49. The van der Waals surface area contributed by atoms with Crippen molar-refractivity contribution >= 4 is 29.3 Å². The number of fused-ring (bicyclic) bond motifs is 1. The number of aryl methyl sites for hydroxylation is 1. The predicted molar refractivity (Wildman–Crippen MR) is 100 cm³/mol. The number of amides is 2. The molecule has 1 N–H and O–H groups in total. The van der Waals surface area contributed by atoms with Crippen LogP contribution >= 0.6 is 11.8 Å². The van der Waals surface area contributed by atoms with E-state index in [4.69, 9.17) is 0 Å². The van der Waals surface area contributed by atoms with Gasteiger partial charge >= 0.3 is 0 Å².